The molecule has 1 aliphatic rings. The van der Waals surface area contributed by atoms with E-state index >= 15 is 0 Å². The van der Waals surface area contributed by atoms with E-state index in [1.54, 1.807) is 4.90 Å². The summed E-state index contributed by atoms with van der Waals surface area (Å²) in [5, 5.41) is 3.51. The van der Waals surface area contributed by atoms with Gasteiger partial charge in [0.2, 0.25) is 0 Å². The standard InChI is InChI=1S/C18H34N2O2/c1-5-6-7-8-9-12-19-15-16-10-13-20(14-11-16)17(21)22-18(2,3)4/h10,19H,5-9,11-15H2,1-4H3. The smallest absolute Gasteiger partial charge is 0.410 e. The van der Waals surface area contributed by atoms with Gasteiger partial charge in [-0.15, -0.1) is 0 Å². The van der Waals surface area contributed by atoms with Gasteiger partial charge in [0.05, 0.1) is 0 Å². The fourth-order valence-corrected chi connectivity index (χ4v) is 2.47. The minimum Gasteiger partial charge on any atom is -0.444 e. The van der Waals surface area contributed by atoms with Gasteiger partial charge in [0.1, 0.15) is 5.60 Å². The molecular weight excluding hydrogens is 276 g/mol. The minimum atomic E-state index is -0.416. The average molecular weight is 310 g/mol. The molecule has 0 fully saturated rings. The predicted octanol–water partition coefficient (Wildman–Crippen LogP) is 4.11. The van der Waals surface area contributed by atoms with Gasteiger partial charge in [0.15, 0.2) is 0 Å². The number of hydrogen-bond acceptors (Lipinski definition) is 3. The zero-order chi connectivity index (χ0) is 16.4. The molecule has 0 unspecified atom stereocenters. The van der Waals surface area contributed by atoms with E-state index in [-0.39, 0.29) is 6.09 Å². The van der Waals surface area contributed by atoms with Gasteiger partial charge in [-0.05, 0) is 40.2 Å². The molecule has 0 aromatic heterocycles. The molecule has 0 aromatic carbocycles. The molecule has 1 heterocycles. The predicted molar refractivity (Wildman–Crippen MR) is 92.1 cm³/mol. The van der Waals surface area contributed by atoms with Crippen LogP contribution in [0.2, 0.25) is 0 Å². The maximum absolute atomic E-state index is 12.0. The molecule has 128 valence electrons. The Balaban J connectivity index is 2.15. The maximum atomic E-state index is 12.0. The highest BCUT2D eigenvalue weighted by atomic mass is 16.6. The Hall–Kier alpha value is -1.03. The van der Waals surface area contributed by atoms with Gasteiger partial charge in [-0.25, -0.2) is 4.79 Å². The van der Waals surface area contributed by atoms with Crippen molar-refractivity contribution in [3.8, 4) is 0 Å². The number of carbonyl (C=O) groups excluding carboxylic acids is 1. The van der Waals surface area contributed by atoms with Crippen molar-refractivity contribution in [2.24, 2.45) is 0 Å². The number of hydrogen-bond donors (Lipinski definition) is 1. The highest BCUT2D eigenvalue weighted by Crippen LogP contribution is 2.15. The lowest BCUT2D eigenvalue weighted by Gasteiger charge is -2.29. The normalized spacial score (nSPS) is 15.6. The summed E-state index contributed by atoms with van der Waals surface area (Å²) in [6.45, 7) is 11.4. The molecule has 4 heteroatoms. The van der Waals surface area contributed by atoms with E-state index in [4.69, 9.17) is 4.74 Å². The molecule has 0 spiro atoms. The zero-order valence-electron chi connectivity index (χ0n) is 14.9. The molecule has 0 radical (unpaired) electrons. The van der Waals surface area contributed by atoms with E-state index < -0.39 is 5.60 Å². The number of nitrogens with zero attached hydrogens (tertiary/aromatic N) is 1. The summed E-state index contributed by atoms with van der Waals surface area (Å²) in [7, 11) is 0. The number of unbranched alkanes of at least 4 members (excludes halogenated alkanes) is 4. The van der Waals surface area contributed by atoms with Crippen molar-refractivity contribution < 1.29 is 9.53 Å². The van der Waals surface area contributed by atoms with E-state index in [1.807, 2.05) is 20.8 Å². The number of nitrogens with one attached hydrogen (secondary N) is 1. The highest BCUT2D eigenvalue weighted by molar-refractivity contribution is 5.68. The Kier molecular flexibility index (Phi) is 8.54. The lowest BCUT2D eigenvalue weighted by Crippen LogP contribution is -2.40. The van der Waals surface area contributed by atoms with Crippen molar-refractivity contribution in [2.75, 3.05) is 26.2 Å². The van der Waals surface area contributed by atoms with Gasteiger partial charge in [0, 0.05) is 19.6 Å². The fraction of sp³-hybridized carbons (Fsp3) is 0.833. The second kappa shape index (κ2) is 9.88. The summed E-state index contributed by atoms with van der Waals surface area (Å²) in [5.41, 5.74) is 0.994. The number of amides is 1. The van der Waals surface area contributed by atoms with Crippen LogP contribution in [0.5, 0.6) is 0 Å². The van der Waals surface area contributed by atoms with Crippen LogP contribution in [0.15, 0.2) is 11.6 Å². The summed E-state index contributed by atoms with van der Waals surface area (Å²) < 4.78 is 5.40. The van der Waals surface area contributed by atoms with Crippen LogP contribution in [0.3, 0.4) is 0 Å². The van der Waals surface area contributed by atoms with Crippen molar-refractivity contribution >= 4 is 6.09 Å². The molecule has 1 N–H and O–H groups in total. The van der Waals surface area contributed by atoms with Gasteiger partial charge in [-0.2, -0.15) is 0 Å². The minimum absolute atomic E-state index is 0.202. The first-order valence-electron chi connectivity index (χ1n) is 8.79. The first kappa shape index (κ1) is 19.0. The quantitative estimate of drug-likeness (QED) is 0.542. The Morgan fingerprint density at radius 2 is 2.00 bits per heavy atom. The molecule has 1 rings (SSSR count). The summed E-state index contributed by atoms with van der Waals surface area (Å²) in [6.07, 6.45) is 9.50. The third-order valence-electron chi connectivity index (χ3n) is 3.76. The van der Waals surface area contributed by atoms with Crippen molar-refractivity contribution in [3.05, 3.63) is 11.6 Å². The monoisotopic (exact) mass is 310 g/mol. The van der Waals surface area contributed by atoms with E-state index in [0.717, 1.165) is 26.1 Å². The summed E-state index contributed by atoms with van der Waals surface area (Å²) in [6, 6.07) is 0. The van der Waals surface area contributed by atoms with Gasteiger partial charge < -0.3 is 15.0 Å². The average Bonchev–Trinajstić information content (AvgIpc) is 2.45. The first-order valence-corrected chi connectivity index (χ1v) is 8.79. The number of ether oxygens (including phenoxy) is 1. The Morgan fingerprint density at radius 1 is 1.27 bits per heavy atom. The number of rotatable bonds is 8. The van der Waals surface area contributed by atoms with Crippen molar-refractivity contribution in [3.63, 3.8) is 0 Å². The molecule has 0 saturated carbocycles. The van der Waals surface area contributed by atoms with Crippen LogP contribution in [0.4, 0.5) is 4.79 Å². The van der Waals surface area contributed by atoms with Gasteiger partial charge >= 0.3 is 6.09 Å². The van der Waals surface area contributed by atoms with Gasteiger partial charge in [-0.1, -0.05) is 44.3 Å². The largest absolute Gasteiger partial charge is 0.444 e. The van der Waals surface area contributed by atoms with Crippen LogP contribution in [-0.4, -0.2) is 42.8 Å². The van der Waals surface area contributed by atoms with Crippen LogP contribution >= 0.6 is 0 Å². The first-order chi connectivity index (χ1) is 10.4. The van der Waals surface area contributed by atoms with Crippen LogP contribution in [0.1, 0.15) is 66.2 Å². The Bertz CT molecular complexity index is 359. The molecule has 4 nitrogen and oxygen atoms in total. The van der Waals surface area contributed by atoms with Gasteiger partial charge in [0.25, 0.3) is 0 Å². The molecule has 1 aliphatic heterocycles. The van der Waals surface area contributed by atoms with Crippen LogP contribution in [0.25, 0.3) is 0 Å². The number of carbonyl (C=O) groups is 1. The van der Waals surface area contributed by atoms with Crippen molar-refractivity contribution in [1.29, 1.82) is 0 Å². The Morgan fingerprint density at radius 3 is 2.59 bits per heavy atom. The molecule has 0 saturated heterocycles. The molecule has 22 heavy (non-hydrogen) atoms. The summed E-state index contributed by atoms with van der Waals surface area (Å²) in [4.78, 5) is 13.7. The van der Waals surface area contributed by atoms with Crippen molar-refractivity contribution in [2.45, 2.75) is 71.8 Å². The third kappa shape index (κ3) is 8.42. The van der Waals surface area contributed by atoms with E-state index in [1.165, 1.54) is 37.7 Å². The van der Waals surface area contributed by atoms with E-state index in [9.17, 15) is 4.79 Å². The second-order valence-electron chi connectivity index (χ2n) is 7.13. The Labute approximate surface area is 136 Å². The molecule has 0 bridgehead atoms. The highest BCUT2D eigenvalue weighted by Gasteiger charge is 2.23. The fourth-order valence-electron chi connectivity index (χ4n) is 2.47. The summed E-state index contributed by atoms with van der Waals surface area (Å²) in [5.74, 6) is 0. The van der Waals surface area contributed by atoms with E-state index in [0.29, 0.717) is 6.54 Å². The summed E-state index contributed by atoms with van der Waals surface area (Å²) >= 11 is 0. The van der Waals surface area contributed by atoms with Crippen LogP contribution < -0.4 is 5.32 Å². The van der Waals surface area contributed by atoms with Crippen LogP contribution in [-0.2, 0) is 4.74 Å². The molecule has 0 aliphatic carbocycles. The van der Waals surface area contributed by atoms with Crippen LogP contribution in [0, 0.1) is 0 Å². The molecular formula is C18H34N2O2. The topological polar surface area (TPSA) is 41.6 Å². The SMILES string of the molecule is CCCCCCCNCC1=CCN(C(=O)OC(C)(C)C)CC1. The van der Waals surface area contributed by atoms with E-state index in [2.05, 4.69) is 18.3 Å². The van der Waals surface area contributed by atoms with Gasteiger partial charge in [-0.3, -0.25) is 0 Å². The zero-order valence-corrected chi connectivity index (χ0v) is 14.9. The third-order valence-corrected chi connectivity index (χ3v) is 3.76. The second-order valence-corrected chi connectivity index (χ2v) is 7.13. The lowest BCUT2D eigenvalue weighted by molar-refractivity contribution is 0.0265. The van der Waals surface area contributed by atoms with Crippen molar-refractivity contribution in [1.82, 2.24) is 10.2 Å². The molecule has 0 aromatic rings. The lowest BCUT2D eigenvalue weighted by atomic mass is 10.1. The maximum Gasteiger partial charge on any atom is 0.410 e. The molecule has 0 atom stereocenters. The molecule has 1 amide bonds.